The van der Waals surface area contributed by atoms with E-state index < -0.39 is 15.7 Å². The topological polar surface area (TPSA) is 131 Å². The summed E-state index contributed by atoms with van der Waals surface area (Å²) in [5, 5.41) is 8.15. The molecule has 0 radical (unpaired) electrons. The molecule has 29 heavy (non-hydrogen) atoms. The number of hydrogen-bond acceptors (Lipinski definition) is 9. The third kappa shape index (κ3) is 3.60. The number of carbonyl (C=O) groups is 1. The highest BCUT2D eigenvalue weighted by molar-refractivity contribution is 8.16. The maximum atomic E-state index is 12.5. The maximum absolute atomic E-state index is 12.5. The second-order valence-electron chi connectivity index (χ2n) is 5.77. The number of nitrogens with zero attached hydrogens (tertiary/aromatic N) is 3. The van der Waals surface area contributed by atoms with E-state index in [2.05, 4.69) is 9.39 Å². The monoisotopic (exact) mass is 438 g/mol. The molecule has 0 fully saturated rings. The molecule has 2 heterocycles. The van der Waals surface area contributed by atoms with Crippen molar-refractivity contribution >= 4 is 49.9 Å². The van der Waals surface area contributed by atoms with Crippen LogP contribution in [0.25, 0.3) is 6.08 Å². The van der Waals surface area contributed by atoms with Crippen LogP contribution in [0.1, 0.15) is 12.5 Å². The zero-order valence-corrected chi connectivity index (χ0v) is 17.7. The first-order valence-corrected chi connectivity index (χ1v) is 10.7. The summed E-state index contributed by atoms with van der Waals surface area (Å²) in [5.74, 6) is -0.0803. The predicted octanol–water partition coefficient (Wildman–Crippen LogP) is 1.72. The Labute approximate surface area is 171 Å². The number of fused-ring (bicyclic) bond motifs is 1. The van der Waals surface area contributed by atoms with Crippen molar-refractivity contribution in [3.05, 3.63) is 23.3 Å². The molecule has 2 aliphatic heterocycles. The van der Waals surface area contributed by atoms with Crippen molar-refractivity contribution in [2.45, 2.75) is 6.92 Å². The molecule has 1 amide bonds. The van der Waals surface area contributed by atoms with Crippen LogP contribution in [0.2, 0.25) is 0 Å². The van der Waals surface area contributed by atoms with Gasteiger partial charge in [-0.1, -0.05) is 6.92 Å². The fourth-order valence-electron chi connectivity index (χ4n) is 2.68. The Morgan fingerprint density at radius 3 is 2.31 bits per heavy atom. The number of benzene rings is 1. The van der Waals surface area contributed by atoms with E-state index in [4.69, 9.17) is 19.6 Å². The van der Waals surface area contributed by atoms with E-state index in [9.17, 15) is 13.2 Å². The maximum Gasteiger partial charge on any atom is 0.283 e. The Bertz CT molecular complexity index is 1070. The van der Waals surface area contributed by atoms with Crippen molar-refractivity contribution in [1.29, 1.82) is 5.41 Å². The third-order valence-corrected chi connectivity index (χ3v) is 6.56. The number of nitrogens with one attached hydrogen (secondary N) is 1. The van der Waals surface area contributed by atoms with Gasteiger partial charge in [0.15, 0.2) is 11.5 Å². The minimum Gasteiger partial charge on any atom is -0.493 e. The highest BCUT2D eigenvalue weighted by Gasteiger charge is 2.42. The van der Waals surface area contributed by atoms with Crippen LogP contribution in [0.5, 0.6) is 17.2 Å². The Morgan fingerprint density at radius 1 is 1.17 bits per heavy atom. The molecule has 12 heteroatoms. The van der Waals surface area contributed by atoms with Gasteiger partial charge in [-0.15, -0.1) is 0 Å². The van der Waals surface area contributed by atoms with Gasteiger partial charge >= 0.3 is 0 Å². The summed E-state index contributed by atoms with van der Waals surface area (Å²) in [6, 6.07) is 3.20. The van der Waals surface area contributed by atoms with E-state index in [1.165, 1.54) is 34.3 Å². The molecule has 0 spiro atoms. The van der Waals surface area contributed by atoms with Gasteiger partial charge < -0.3 is 14.2 Å². The van der Waals surface area contributed by atoms with E-state index in [-0.39, 0.29) is 27.5 Å². The quantitative estimate of drug-likeness (QED) is 0.543. The summed E-state index contributed by atoms with van der Waals surface area (Å²) in [6.45, 7) is 1.48. The van der Waals surface area contributed by atoms with Crippen LogP contribution in [0, 0.1) is 5.41 Å². The summed E-state index contributed by atoms with van der Waals surface area (Å²) >= 11 is 0.749. The van der Waals surface area contributed by atoms with Crippen LogP contribution >= 0.6 is 11.9 Å². The van der Waals surface area contributed by atoms with E-state index in [0.29, 0.717) is 22.8 Å². The lowest BCUT2D eigenvalue weighted by atomic mass is 10.1. The largest absolute Gasteiger partial charge is 0.493 e. The molecule has 0 atom stereocenters. The van der Waals surface area contributed by atoms with Gasteiger partial charge in [0, 0.05) is 0 Å². The molecule has 1 aromatic carbocycles. The number of amides is 1. The number of rotatable bonds is 5. The van der Waals surface area contributed by atoms with Gasteiger partial charge in [0.05, 0.1) is 44.6 Å². The van der Waals surface area contributed by atoms with Gasteiger partial charge in [0.1, 0.15) is 5.84 Å². The summed E-state index contributed by atoms with van der Waals surface area (Å²) < 4.78 is 44.3. The molecule has 10 nitrogen and oxygen atoms in total. The first kappa shape index (κ1) is 20.9. The molecular weight excluding hydrogens is 420 g/mol. The van der Waals surface area contributed by atoms with Crippen molar-refractivity contribution in [3.63, 3.8) is 0 Å². The number of sulfone groups is 1. The Morgan fingerprint density at radius 2 is 1.79 bits per heavy atom. The smallest absolute Gasteiger partial charge is 0.283 e. The fraction of sp³-hybridized carbons (Fsp3) is 0.294. The van der Waals surface area contributed by atoms with Crippen LogP contribution in [0.4, 0.5) is 0 Å². The summed E-state index contributed by atoms with van der Waals surface area (Å²) in [5.41, 5.74) is 0.388. The van der Waals surface area contributed by atoms with Crippen molar-refractivity contribution in [2.24, 2.45) is 9.39 Å². The molecule has 0 saturated carbocycles. The third-order valence-electron chi connectivity index (χ3n) is 4.15. The number of hydrogen-bond donors (Lipinski definition) is 1. The SMILES string of the molecule is CCS(=O)(=O)C1=NSC2=NC(=O)/C(=C\c3cc(OC)c(OC)c(OC)c3)C(=N)N21. The normalized spacial score (nSPS) is 17.8. The molecule has 3 rings (SSSR count). The Balaban J connectivity index is 2.09. The molecule has 0 saturated heterocycles. The van der Waals surface area contributed by atoms with Crippen molar-refractivity contribution in [2.75, 3.05) is 27.1 Å². The zero-order chi connectivity index (χ0) is 21.3. The van der Waals surface area contributed by atoms with E-state index >= 15 is 0 Å². The summed E-state index contributed by atoms with van der Waals surface area (Å²) in [6.07, 6.45) is 1.41. The zero-order valence-electron chi connectivity index (χ0n) is 16.0. The van der Waals surface area contributed by atoms with Gasteiger partial charge in [-0.3, -0.25) is 10.2 Å². The van der Waals surface area contributed by atoms with Crippen LogP contribution in [0.15, 0.2) is 27.1 Å². The molecular formula is C17H18N4O6S2. The summed E-state index contributed by atoms with van der Waals surface area (Å²) in [7, 11) is 0.674. The number of amidine groups is 3. The van der Waals surface area contributed by atoms with Crippen LogP contribution in [0.3, 0.4) is 0 Å². The molecule has 1 N–H and O–H groups in total. The van der Waals surface area contributed by atoms with Gasteiger partial charge in [0.2, 0.25) is 25.9 Å². The first-order valence-electron chi connectivity index (χ1n) is 8.28. The minimum absolute atomic E-state index is 0.0362. The second-order valence-corrected chi connectivity index (χ2v) is 8.67. The Kier molecular flexibility index (Phi) is 5.66. The average Bonchev–Trinajstić information content (AvgIpc) is 3.14. The highest BCUT2D eigenvalue weighted by atomic mass is 32.2. The summed E-state index contributed by atoms with van der Waals surface area (Å²) in [4.78, 5) is 17.4. The van der Waals surface area contributed by atoms with E-state index in [1.807, 2.05) is 0 Å². The minimum atomic E-state index is -3.71. The lowest BCUT2D eigenvalue weighted by Crippen LogP contribution is -2.45. The van der Waals surface area contributed by atoms with Crippen molar-refractivity contribution < 1.29 is 27.4 Å². The van der Waals surface area contributed by atoms with Gasteiger partial charge in [-0.25, -0.2) is 13.3 Å². The Hall–Kier alpha value is -2.86. The van der Waals surface area contributed by atoms with Crippen molar-refractivity contribution in [3.8, 4) is 17.2 Å². The average molecular weight is 438 g/mol. The molecule has 0 aliphatic carbocycles. The van der Waals surface area contributed by atoms with Crippen molar-refractivity contribution in [1.82, 2.24) is 4.90 Å². The van der Waals surface area contributed by atoms with Gasteiger partial charge in [0.25, 0.3) is 5.91 Å². The number of methoxy groups -OCH3 is 3. The molecule has 1 aromatic rings. The number of ether oxygens (including phenoxy) is 3. The lowest BCUT2D eigenvalue weighted by molar-refractivity contribution is -0.114. The number of carbonyl (C=O) groups excluding carboxylic acids is 1. The standard InChI is InChI=1S/C17H18N4O6S2/c1-5-29(23,24)17-20-28-16-19-15(22)10(14(18)21(16)17)6-9-7-11(25-2)13(27-4)12(8-9)26-3/h6-8,18H,5H2,1-4H3/b10-6-,18-14?. The van der Waals surface area contributed by atoms with Gasteiger partial charge in [-0.2, -0.15) is 9.39 Å². The molecule has 154 valence electrons. The lowest BCUT2D eigenvalue weighted by Gasteiger charge is -2.24. The molecule has 0 bridgehead atoms. The molecule has 0 unspecified atom stereocenters. The van der Waals surface area contributed by atoms with Crippen LogP contribution in [-0.4, -0.2) is 62.5 Å². The van der Waals surface area contributed by atoms with E-state index in [0.717, 1.165) is 16.8 Å². The second kappa shape index (κ2) is 7.87. The predicted molar refractivity (Wildman–Crippen MR) is 111 cm³/mol. The van der Waals surface area contributed by atoms with Crippen LogP contribution in [-0.2, 0) is 14.6 Å². The van der Waals surface area contributed by atoms with E-state index in [1.54, 1.807) is 12.1 Å². The van der Waals surface area contributed by atoms with Crippen LogP contribution < -0.4 is 14.2 Å². The fourth-order valence-corrected chi connectivity index (χ4v) is 4.64. The molecule has 0 aromatic heterocycles. The highest BCUT2D eigenvalue weighted by Crippen LogP contribution is 2.39. The van der Waals surface area contributed by atoms with Gasteiger partial charge in [-0.05, 0) is 23.8 Å². The molecule has 2 aliphatic rings. The number of aliphatic imine (C=N–C) groups is 1. The first-order chi connectivity index (χ1) is 13.8.